The third-order valence-electron chi connectivity index (χ3n) is 4.46. The normalized spacial score (nSPS) is 12.3. The van der Waals surface area contributed by atoms with Gasteiger partial charge in [0, 0.05) is 17.0 Å². The maximum Gasteiger partial charge on any atom is 0.418 e. The van der Waals surface area contributed by atoms with Crippen LogP contribution in [0.5, 0.6) is 5.75 Å². The van der Waals surface area contributed by atoms with Gasteiger partial charge in [0.25, 0.3) is 0 Å². The third kappa shape index (κ3) is 3.87. The van der Waals surface area contributed by atoms with Crippen molar-refractivity contribution in [2.75, 3.05) is 7.11 Å². The molecule has 1 heterocycles. The Labute approximate surface area is 164 Å². The van der Waals surface area contributed by atoms with E-state index in [0.29, 0.717) is 27.8 Å². The number of methoxy groups -OCH3 is 1. The molecule has 29 heavy (non-hydrogen) atoms. The van der Waals surface area contributed by atoms with E-state index >= 15 is 0 Å². The molecule has 0 unspecified atom stereocenters. The van der Waals surface area contributed by atoms with Gasteiger partial charge in [-0.2, -0.15) is 13.2 Å². The summed E-state index contributed by atoms with van der Waals surface area (Å²) in [7, 11) is 1.52. The molecule has 0 aliphatic carbocycles. The number of fused-ring (bicyclic) bond motifs is 1. The molecule has 0 bridgehead atoms. The van der Waals surface area contributed by atoms with Gasteiger partial charge in [-0.3, -0.25) is 0 Å². The second-order valence-corrected chi connectivity index (χ2v) is 6.35. The first-order valence-electron chi connectivity index (χ1n) is 8.84. The van der Waals surface area contributed by atoms with E-state index in [2.05, 4.69) is 4.99 Å². The highest BCUT2D eigenvalue weighted by molar-refractivity contribution is 5.80. The maximum atomic E-state index is 13.4. The molecule has 0 saturated carbocycles. The summed E-state index contributed by atoms with van der Waals surface area (Å²) in [6.45, 7) is 0. The number of benzene rings is 3. The number of hydrogen-bond donors (Lipinski definition) is 0. The van der Waals surface area contributed by atoms with Crippen LogP contribution >= 0.6 is 0 Å². The Balaban J connectivity index is 2.03. The molecule has 4 rings (SSSR count). The third-order valence-corrected chi connectivity index (χ3v) is 4.46. The lowest BCUT2D eigenvalue weighted by Gasteiger charge is -2.10. The average Bonchev–Trinajstić information content (AvgIpc) is 2.73. The molecule has 4 aromatic rings. The van der Waals surface area contributed by atoms with Gasteiger partial charge >= 0.3 is 6.18 Å². The Kier molecular flexibility index (Phi) is 4.84. The number of ether oxygens (including phenoxy) is 1. The van der Waals surface area contributed by atoms with Gasteiger partial charge in [-0.15, -0.1) is 0 Å². The van der Waals surface area contributed by atoms with Crippen molar-refractivity contribution in [3.8, 4) is 17.1 Å². The Hall–Kier alpha value is -3.54. The summed E-state index contributed by atoms with van der Waals surface area (Å²) in [5.41, 5.74) is 0.341. The van der Waals surface area contributed by atoms with Crippen molar-refractivity contribution >= 4 is 16.7 Å². The summed E-state index contributed by atoms with van der Waals surface area (Å²) in [5, 5.41) is 0.918. The molecular formula is C23H16F3NO2. The van der Waals surface area contributed by atoms with Crippen molar-refractivity contribution in [3.63, 3.8) is 0 Å². The van der Waals surface area contributed by atoms with Crippen molar-refractivity contribution in [2.24, 2.45) is 4.99 Å². The minimum Gasteiger partial charge on any atom is -0.497 e. The molecule has 0 saturated heterocycles. The van der Waals surface area contributed by atoms with Crippen LogP contribution in [0.15, 0.2) is 88.3 Å². The Morgan fingerprint density at radius 3 is 2.31 bits per heavy atom. The van der Waals surface area contributed by atoms with Crippen molar-refractivity contribution in [2.45, 2.75) is 6.18 Å². The lowest BCUT2D eigenvalue weighted by Crippen LogP contribution is -2.08. The summed E-state index contributed by atoms with van der Waals surface area (Å²) in [6.07, 6.45) is -4.50. The summed E-state index contributed by atoms with van der Waals surface area (Å²) in [4.78, 5) is 4.36. The van der Waals surface area contributed by atoms with Crippen LogP contribution in [0.3, 0.4) is 0 Å². The molecule has 0 fully saturated rings. The number of rotatable bonds is 3. The van der Waals surface area contributed by atoms with E-state index in [1.807, 2.05) is 30.3 Å². The highest BCUT2D eigenvalue weighted by atomic mass is 19.4. The summed E-state index contributed by atoms with van der Waals surface area (Å²) in [6, 6.07) is 21.4. The smallest absolute Gasteiger partial charge is 0.418 e. The second-order valence-electron chi connectivity index (χ2n) is 6.35. The molecule has 0 amide bonds. The number of hydrogen-bond acceptors (Lipinski definition) is 3. The van der Waals surface area contributed by atoms with Crippen LogP contribution in [0.25, 0.3) is 22.3 Å². The minimum atomic E-state index is -4.50. The standard InChI is InChI=1S/C23H16F3NO2/c1-28-16-11-12-21-17(13-16)20(14-22(29-21)15-7-3-2-4-8-15)27-19-10-6-5-9-18(19)23(24,25)26/h2-14H,1H3. The molecule has 0 atom stereocenters. The molecule has 0 N–H and O–H groups in total. The predicted octanol–water partition coefficient (Wildman–Crippen LogP) is 6.36. The SMILES string of the molecule is COc1ccc2oc(-c3ccccc3)cc(=Nc3ccccc3C(F)(F)F)c2c1. The van der Waals surface area contributed by atoms with Gasteiger partial charge in [-0.05, 0) is 30.3 Å². The number of nitrogens with zero attached hydrogens (tertiary/aromatic N) is 1. The number of alkyl halides is 3. The Morgan fingerprint density at radius 1 is 0.862 bits per heavy atom. The van der Waals surface area contributed by atoms with Crippen LogP contribution in [-0.4, -0.2) is 7.11 Å². The first kappa shape index (κ1) is 18.8. The van der Waals surface area contributed by atoms with Crippen LogP contribution in [0, 0.1) is 0 Å². The largest absolute Gasteiger partial charge is 0.497 e. The van der Waals surface area contributed by atoms with Crippen molar-refractivity contribution in [3.05, 3.63) is 89.8 Å². The minimum absolute atomic E-state index is 0.158. The number of para-hydroxylation sites is 1. The number of halogens is 3. The van der Waals surface area contributed by atoms with Crippen LogP contribution in [0.4, 0.5) is 18.9 Å². The van der Waals surface area contributed by atoms with E-state index in [0.717, 1.165) is 11.6 Å². The lowest BCUT2D eigenvalue weighted by atomic mass is 10.1. The van der Waals surface area contributed by atoms with E-state index in [1.165, 1.54) is 25.3 Å². The zero-order valence-corrected chi connectivity index (χ0v) is 15.4. The van der Waals surface area contributed by atoms with Gasteiger partial charge in [0.15, 0.2) is 0 Å². The molecule has 0 radical (unpaired) electrons. The van der Waals surface area contributed by atoms with Gasteiger partial charge in [0.2, 0.25) is 0 Å². The van der Waals surface area contributed by atoms with E-state index in [1.54, 1.807) is 24.3 Å². The highest BCUT2D eigenvalue weighted by Crippen LogP contribution is 2.36. The fourth-order valence-electron chi connectivity index (χ4n) is 3.05. The summed E-state index contributed by atoms with van der Waals surface area (Å²) in [5.74, 6) is 1.06. The quantitative estimate of drug-likeness (QED) is 0.405. The summed E-state index contributed by atoms with van der Waals surface area (Å²) >= 11 is 0. The van der Waals surface area contributed by atoms with Crippen LogP contribution < -0.4 is 10.1 Å². The molecule has 146 valence electrons. The zero-order valence-electron chi connectivity index (χ0n) is 15.4. The van der Waals surface area contributed by atoms with E-state index in [-0.39, 0.29) is 5.69 Å². The zero-order chi connectivity index (χ0) is 20.4. The molecule has 0 aliphatic rings. The van der Waals surface area contributed by atoms with E-state index in [9.17, 15) is 13.2 Å². The van der Waals surface area contributed by atoms with Crippen LogP contribution in [0.1, 0.15) is 5.56 Å². The Bertz CT molecular complexity index is 1230. The van der Waals surface area contributed by atoms with E-state index in [4.69, 9.17) is 9.15 Å². The molecule has 6 heteroatoms. The van der Waals surface area contributed by atoms with Crippen LogP contribution in [-0.2, 0) is 6.18 Å². The highest BCUT2D eigenvalue weighted by Gasteiger charge is 2.33. The summed E-state index contributed by atoms with van der Waals surface area (Å²) < 4.78 is 51.5. The van der Waals surface area contributed by atoms with Gasteiger partial charge in [-0.25, -0.2) is 4.99 Å². The van der Waals surface area contributed by atoms with Crippen LogP contribution in [0.2, 0.25) is 0 Å². The van der Waals surface area contributed by atoms with Crippen molar-refractivity contribution in [1.82, 2.24) is 0 Å². The fourth-order valence-corrected chi connectivity index (χ4v) is 3.05. The molecule has 3 nitrogen and oxygen atoms in total. The van der Waals surface area contributed by atoms with Crippen molar-refractivity contribution in [1.29, 1.82) is 0 Å². The molecule has 0 spiro atoms. The van der Waals surface area contributed by atoms with E-state index < -0.39 is 11.7 Å². The molecule has 0 aliphatic heterocycles. The molecular weight excluding hydrogens is 379 g/mol. The van der Waals surface area contributed by atoms with Crippen molar-refractivity contribution < 1.29 is 22.3 Å². The van der Waals surface area contributed by atoms with Gasteiger partial charge in [0.1, 0.15) is 17.1 Å². The molecule has 3 aromatic carbocycles. The van der Waals surface area contributed by atoms with Gasteiger partial charge in [0.05, 0.1) is 23.7 Å². The van der Waals surface area contributed by atoms with Gasteiger partial charge in [-0.1, -0.05) is 42.5 Å². The predicted molar refractivity (Wildman–Crippen MR) is 105 cm³/mol. The topological polar surface area (TPSA) is 34.7 Å². The first-order chi connectivity index (χ1) is 14.0. The lowest BCUT2D eigenvalue weighted by molar-refractivity contribution is -0.137. The fraction of sp³-hybridized carbons (Fsp3) is 0.0870. The Morgan fingerprint density at radius 2 is 1.59 bits per heavy atom. The monoisotopic (exact) mass is 395 g/mol. The maximum absolute atomic E-state index is 13.4. The molecule has 1 aromatic heterocycles. The average molecular weight is 395 g/mol. The van der Waals surface area contributed by atoms with Gasteiger partial charge < -0.3 is 9.15 Å². The second kappa shape index (κ2) is 7.47. The first-order valence-corrected chi connectivity index (χ1v) is 8.84.